The van der Waals surface area contributed by atoms with Gasteiger partial charge in [0.2, 0.25) is 21.8 Å². The third kappa shape index (κ3) is 6.61. The molecular formula is C22H28N4O4S. The second kappa shape index (κ2) is 10.5. The van der Waals surface area contributed by atoms with E-state index in [1.54, 1.807) is 30.0 Å². The molecule has 1 aliphatic heterocycles. The van der Waals surface area contributed by atoms with Gasteiger partial charge in [0.15, 0.2) is 0 Å². The van der Waals surface area contributed by atoms with E-state index in [0.717, 1.165) is 5.56 Å². The van der Waals surface area contributed by atoms with Crippen LogP contribution in [0.4, 0.5) is 0 Å². The van der Waals surface area contributed by atoms with Crippen LogP contribution in [0.2, 0.25) is 0 Å². The van der Waals surface area contributed by atoms with Crippen LogP contribution in [0.1, 0.15) is 12.5 Å². The number of nitrogens with one attached hydrogen (secondary N) is 2. The summed E-state index contributed by atoms with van der Waals surface area (Å²) in [6, 6.07) is 16.8. The molecule has 0 saturated carbocycles. The van der Waals surface area contributed by atoms with Gasteiger partial charge in [0.1, 0.15) is 0 Å². The second-order valence-corrected chi connectivity index (χ2v) is 9.23. The Balaban J connectivity index is 1.43. The smallest absolute Gasteiger partial charge is 0.241 e. The summed E-state index contributed by atoms with van der Waals surface area (Å²) in [6.07, 6.45) is 0. The Morgan fingerprint density at radius 3 is 2.13 bits per heavy atom. The van der Waals surface area contributed by atoms with Crippen molar-refractivity contribution in [3.63, 3.8) is 0 Å². The Hall–Kier alpha value is -2.75. The third-order valence-electron chi connectivity index (χ3n) is 5.14. The molecule has 8 nitrogen and oxygen atoms in total. The predicted molar refractivity (Wildman–Crippen MR) is 118 cm³/mol. The molecule has 31 heavy (non-hydrogen) atoms. The van der Waals surface area contributed by atoms with Crippen LogP contribution in [0.25, 0.3) is 0 Å². The number of carbonyl (C=O) groups is 2. The highest BCUT2D eigenvalue weighted by Crippen LogP contribution is 2.10. The maximum atomic E-state index is 12.7. The number of nitrogens with zero attached hydrogens (tertiary/aromatic N) is 2. The molecular weight excluding hydrogens is 416 g/mol. The summed E-state index contributed by atoms with van der Waals surface area (Å²) in [6.45, 7) is 4.31. The normalized spacial score (nSPS) is 16.0. The number of amides is 2. The van der Waals surface area contributed by atoms with Crippen molar-refractivity contribution in [2.75, 3.05) is 32.7 Å². The number of benzene rings is 2. The number of sulfonamides is 1. The standard InChI is InChI=1S/C22H28N4O4S/c1-18(24-31(29,30)20-10-6-3-7-11-20)22(28)26-14-12-25(13-15-26)17-21(27)23-16-19-8-4-2-5-9-19/h2-11,18,24H,12-17H2,1H3,(H,23,27)/t18-/m0/s1. The monoisotopic (exact) mass is 444 g/mol. The van der Waals surface area contributed by atoms with Crippen LogP contribution in [0.15, 0.2) is 65.6 Å². The molecule has 0 spiro atoms. The lowest BCUT2D eigenvalue weighted by molar-refractivity contribution is -0.134. The number of rotatable bonds is 8. The van der Waals surface area contributed by atoms with Crippen LogP contribution in [0.5, 0.6) is 0 Å². The van der Waals surface area contributed by atoms with Gasteiger partial charge in [0.05, 0.1) is 17.5 Å². The van der Waals surface area contributed by atoms with Gasteiger partial charge in [0, 0.05) is 32.7 Å². The van der Waals surface area contributed by atoms with Crippen molar-refractivity contribution in [2.24, 2.45) is 0 Å². The molecule has 1 aliphatic rings. The highest BCUT2D eigenvalue weighted by atomic mass is 32.2. The van der Waals surface area contributed by atoms with Crippen molar-refractivity contribution >= 4 is 21.8 Å². The van der Waals surface area contributed by atoms with E-state index in [1.807, 2.05) is 35.2 Å². The Labute approximate surface area is 183 Å². The molecule has 9 heteroatoms. The fourth-order valence-electron chi connectivity index (χ4n) is 3.41. The average molecular weight is 445 g/mol. The second-order valence-electron chi connectivity index (χ2n) is 7.52. The molecule has 2 aromatic rings. The molecule has 0 bridgehead atoms. The van der Waals surface area contributed by atoms with E-state index in [1.165, 1.54) is 12.1 Å². The summed E-state index contributed by atoms with van der Waals surface area (Å²) in [4.78, 5) is 28.6. The molecule has 2 N–H and O–H groups in total. The molecule has 2 aromatic carbocycles. The SMILES string of the molecule is C[C@H](NS(=O)(=O)c1ccccc1)C(=O)N1CCN(CC(=O)NCc2ccccc2)CC1. The summed E-state index contributed by atoms with van der Waals surface area (Å²) < 4.78 is 27.3. The van der Waals surface area contributed by atoms with Gasteiger partial charge in [-0.1, -0.05) is 48.5 Å². The quantitative estimate of drug-likeness (QED) is 0.628. The first-order valence-electron chi connectivity index (χ1n) is 10.2. The number of hydrogen-bond acceptors (Lipinski definition) is 5. The first kappa shape index (κ1) is 22.9. The Bertz CT molecular complexity index is 975. The van der Waals surface area contributed by atoms with Crippen LogP contribution in [0, 0.1) is 0 Å². The molecule has 0 aromatic heterocycles. The zero-order chi connectivity index (χ0) is 22.3. The lowest BCUT2D eigenvalue weighted by Gasteiger charge is -2.35. The van der Waals surface area contributed by atoms with Crippen LogP contribution in [-0.2, 0) is 26.2 Å². The molecule has 2 amide bonds. The first-order chi connectivity index (χ1) is 14.8. The van der Waals surface area contributed by atoms with Crippen molar-refractivity contribution < 1.29 is 18.0 Å². The lowest BCUT2D eigenvalue weighted by atomic mass is 10.2. The molecule has 1 atom stereocenters. The molecule has 1 saturated heterocycles. The van der Waals surface area contributed by atoms with Gasteiger partial charge in [-0.2, -0.15) is 4.72 Å². The Kier molecular flexibility index (Phi) is 7.78. The minimum atomic E-state index is -3.76. The van der Waals surface area contributed by atoms with Crippen molar-refractivity contribution in [1.82, 2.24) is 19.8 Å². The van der Waals surface area contributed by atoms with E-state index in [9.17, 15) is 18.0 Å². The zero-order valence-corrected chi connectivity index (χ0v) is 18.3. The molecule has 166 valence electrons. The van der Waals surface area contributed by atoms with Crippen molar-refractivity contribution in [3.8, 4) is 0 Å². The maximum absolute atomic E-state index is 12.7. The van der Waals surface area contributed by atoms with Crippen molar-refractivity contribution in [2.45, 2.75) is 24.4 Å². The summed E-state index contributed by atoms with van der Waals surface area (Å²) >= 11 is 0. The summed E-state index contributed by atoms with van der Waals surface area (Å²) in [5.41, 5.74) is 1.04. The van der Waals surface area contributed by atoms with E-state index in [2.05, 4.69) is 10.0 Å². The van der Waals surface area contributed by atoms with Crippen LogP contribution in [0.3, 0.4) is 0 Å². The predicted octanol–water partition coefficient (Wildman–Crippen LogP) is 0.814. The van der Waals surface area contributed by atoms with Gasteiger partial charge in [0.25, 0.3) is 0 Å². The van der Waals surface area contributed by atoms with E-state index in [4.69, 9.17) is 0 Å². The third-order valence-corrected chi connectivity index (χ3v) is 6.70. The summed E-state index contributed by atoms with van der Waals surface area (Å²) in [5, 5.41) is 2.90. The van der Waals surface area contributed by atoms with Gasteiger partial charge in [-0.3, -0.25) is 14.5 Å². The van der Waals surface area contributed by atoms with Crippen LogP contribution < -0.4 is 10.0 Å². The largest absolute Gasteiger partial charge is 0.351 e. The van der Waals surface area contributed by atoms with Gasteiger partial charge < -0.3 is 10.2 Å². The topological polar surface area (TPSA) is 98.8 Å². The van der Waals surface area contributed by atoms with E-state index in [0.29, 0.717) is 32.7 Å². The Morgan fingerprint density at radius 2 is 1.52 bits per heavy atom. The molecule has 0 unspecified atom stereocenters. The van der Waals surface area contributed by atoms with E-state index >= 15 is 0 Å². The van der Waals surface area contributed by atoms with Crippen LogP contribution >= 0.6 is 0 Å². The fourth-order valence-corrected chi connectivity index (χ4v) is 4.62. The van der Waals surface area contributed by atoms with E-state index in [-0.39, 0.29) is 23.3 Å². The molecule has 0 radical (unpaired) electrons. The molecule has 0 aliphatic carbocycles. The van der Waals surface area contributed by atoms with Crippen molar-refractivity contribution in [1.29, 1.82) is 0 Å². The molecule has 1 fully saturated rings. The fraction of sp³-hybridized carbons (Fsp3) is 0.364. The minimum Gasteiger partial charge on any atom is -0.351 e. The highest BCUT2D eigenvalue weighted by Gasteiger charge is 2.28. The summed E-state index contributed by atoms with van der Waals surface area (Å²) in [7, 11) is -3.76. The maximum Gasteiger partial charge on any atom is 0.241 e. The molecule has 3 rings (SSSR count). The van der Waals surface area contributed by atoms with E-state index < -0.39 is 16.1 Å². The number of carbonyl (C=O) groups excluding carboxylic acids is 2. The minimum absolute atomic E-state index is 0.0624. The average Bonchev–Trinajstić information content (AvgIpc) is 2.79. The van der Waals surface area contributed by atoms with Gasteiger partial charge in [-0.15, -0.1) is 0 Å². The zero-order valence-electron chi connectivity index (χ0n) is 17.5. The number of piperazine rings is 1. The number of hydrogen-bond donors (Lipinski definition) is 2. The highest BCUT2D eigenvalue weighted by molar-refractivity contribution is 7.89. The van der Waals surface area contributed by atoms with Gasteiger partial charge in [-0.05, 0) is 24.6 Å². The van der Waals surface area contributed by atoms with Gasteiger partial charge in [-0.25, -0.2) is 8.42 Å². The van der Waals surface area contributed by atoms with Crippen LogP contribution in [-0.4, -0.2) is 68.8 Å². The van der Waals surface area contributed by atoms with Gasteiger partial charge >= 0.3 is 0 Å². The Morgan fingerprint density at radius 1 is 0.935 bits per heavy atom. The summed E-state index contributed by atoms with van der Waals surface area (Å²) in [5.74, 6) is -0.333. The lowest BCUT2D eigenvalue weighted by Crippen LogP contribution is -2.55. The first-order valence-corrected chi connectivity index (χ1v) is 11.7. The van der Waals surface area contributed by atoms with Crippen molar-refractivity contribution in [3.05, 3.63) is 66.2 Å². The molecule has 1 heterocycles.